The lowest BCUT2D eigenvalue weighted by molar-refractivity contribution is -0.137. The Morgan fingerprint density at radius 1 is 1.35 bits per heavy atom. The summed E-state index contributed by atoms with van der Waals surface area (Å²) in [4.78, 5) is 17.4. The zero-order valence-electron chi connectivity index (χ0n) is 15.4. The maximum absolute atomic E-state index is 12.8. The third kappa shape index (κ3) is 7.73. The SMILES string of the molecule is COCC(C)NC(=NCc1cccc(C(F)(F)F)c1)NCC(=O)N(C)C. The Morgan fingerprint density at radius 2 is 2.04 bits per heavy atom. The number of guanidine groups is 1. The van der Waals surface area contributed by atoms with Crippen molar-refractivity contribution in [1.29, 1.82) is 0 Å². The molecule has 1 unspecified atom stereocenters. The minimum absolute atomic E-state index is 0.0150. The molecule has 26 heavy (non-hydrogen) atoms. The molecular weight excluding hydrogens is 349 g/mol. The van der Waals surface area contributed by atoms with E-state index < -0.39 is 11.7 Å². The summed E-state index contributed by atoms with van der Waals surface area (Å²) in [5.41, 5.74) is -0.303. The predicted octanol–water partition coefficient (Wildman–Crippen LogP) is 1.86. The van der Waals surface area contributed by atoms with Gasteiger partial charge >= 0.3 is 6.18 Å². The molecule has 0 spiro atoms. The molecule has 0 aliphatic heterocycles. The minimum atomic E-state index is -4.40. The molecule has 0 radical (unpaired) electrons. The van der Waals surface area contributed by atoms with Crippen molar-refractivity contribution in [2.24, 2.45) is 4.99 Å². The number of amides is 1. The first-order valence-electron chi connectivity index (χ1n) is 8.03. The van der Waals surface area contributed by atoms with Crippen molar-refractivity contribution in [2.45, 2.75) is 25.7 Å². The number of aliphatic imine (C=N–C) groups is 1. The van der Waals surface area contributed by atoms with Crippen LogP contribution in [0.15, 0.2) is 29.3 Å². The van der Waals surface area contributed by atoms with E-state index in [2.05, 4.69) is 15.6 Å². The molecule has 146 valence electrons. The molecule has 0 aromatic heterocycles. The number of hydrogen-bond donors (Lipinski definition) is 2. The molecule has 1 amide bonds. The van der Waals surface area contributed by atoms with Gasteiger partial charge in [-0.1, -0.05) is 12.1 Å². The Morgan fingerprint density at radius 3 is 2.62 bits per heavy atom. The minimum Gasteiger partial charge on any atom is -0.383 e. The van der Waals surface area contributed by atoms with Gasteiger partial charge in [-0.2, -0.15) is 13.2 Å². The number of benzene rings is 1. The van der Waals surface area contributed by atoms with Crippen LogP contribution in [0, 0.1) is 0 Å². The van der Waals surface area contributed by atoms with Crippen LogP contribution in [-0.4, -0.2) is 57.2 Å². The topological polar surface area (TPSA) is 66.0 Å². The van der Waals surface area contributed by atoms with Gasteiger partial charge in [-0.05, 0) is 24.6 Å². The second kappa shape index (κ2) is 10.0. The molecular formula is C17H25F3N4O2. The molecule has 0 saturated heterocycles. The molecule has 0 saturated carbocycles. The lowest BCUT2D eigenvalue weighted by Gasteiger charge is -2.18. The summed E-state index contributed by atoms with van der Waals surface area (Å²) in [5, 5.41) is 5.92. The Bertz CT molecular complexity index is 618. The Balaban J connectivity index is 2.86. The summed E-state index contributed by atoms with van der Waals surface area (Å²) < 4.78 is 43.4. The normalized spacial score (nSPS) is 13.3. The molecule has 1 atom stereocenters. The van der Waals surface area contributed by atoms with E-state index >= 15 is 0 Å². The first-order valence-corrected chi connectivity index (χ1v) is 8.03. The van der Waals surface area contributed by atoms with Gasteiger partial charge < -0.3 is 20.3 Å². The quantitative estimate of drug-likeness (QED) is 0.565. The maximum atomic E-state index is 12.8. The number of carbonyl (C=O) groups excluding carboxylic acids is 1. The zero-order valence-corrected chi connectivity index (χ0v) is 15.4. The average molecular weight is 374 g/mol. The molecule has 6 nitrogen and oxygen atoms in total. The number of halogens is 3. The van der Waals surface area contributed by atoms with Gasteiger partial charge in [0.1, 0.15) is 0 Å². The number of nitrogens with zero attached hydrogens (tertiary/aromatic N) is 2. The van der Waals surface area contributed by atoms with E-state index in [-0.39, 0.29) is 25.0 Å². The van der Waals surface area contributed by atoms with Crippen molar-refractivity contribution < 1.29 is 22.7 Å². The number of carbonyl (C=O) groups is 1. The van der Waals surface area contributed by atoms with Crippen LogP contribution in [0.1, 0.15) is 18.1 Å². The highest BCUT2D eigenvalue weighted by atomic mass is 19.4. The van der Waals surface area contributed by atoms with E-state index in [0.29, 0.717) is 18.1 Å². The summed E-state index contributed by atoms with van der Waals surface area (Å²) in [5.74, 6) is 0.167. The highest BCUT2D eigenvalue weighted by molar-refractivity contribution is 5.86. The van der Waals surface area contributed by atoms with Gasteiger partial charge in [0, 0.05) is 27.2 Å². The molecule has 1 aromatic carbocycles. The Labute approximate surface area is 151 Å². The van der Waals surface area contributed by atoms with Gasteiger partial charge in [0.15, 0.2) is 5.96 Å². The third-order valence-corrected chi connectivity index (χ3v) is 3.38. The maximum Gasteiger partial charge on any atom is 0.416 e. The van der Waals surface area contributed by atoms with Crippen LogP contribution < -0.4 is 10.6 Å². The van der Waals surface area contributed by atoms with Crippen molar-refractivity contribution >= 4 is 11.9 Å². The molecule has 1 rings (SSSR count). The highest BCUT2D eigenvalue weighted by Gasteiger charge is 2.30. The predicted molar refractivity (Wildman–Crippen MR) is 93.8 cm³/mol. The second-order valence-corrected chi connectivity index (χ2v) is 6.01. The van der Waals surface area contributed by atoms with Gasteiger partial charge in [-0.25, -0.2) is 4.99 Å². The number of nitrogens with one attached hydrogen (secondary N) is 2. The number of likely N-dealkylation sites (N-methyl/N-ethyl adjacent to an activating group) is 1. The first kappa shape index (κ1) is 21.8. The van der Waals surface area contributed by atoms with Crippen molar-refractivity contribution in [1.82, 2.24) is 15.5 Å². The standard InChI is InChI=1S/C17H25F3N4O2/c1-12(11-26-4)23-16(22-10-15(25)24(2)3)21-9-13-6-5-7-14(8-13)17(18,19)20/h5-8,12H,9-11H2,1-4H3,(H2,21,22,23). The first-order chi connectivity index (χ1) is 12.1. The molecule has 0 heterocycles. The van der Waals surface area contributed by atoms with Crippen molar-refractivity contribution in [3.63, 3.8) is 0 Å². The molecule has 2 N–H and O–H groups in total. The summed E-state index contributed by atoms with van der Waals surface area (Å²) in [7, 11) is 4.81. The van der Waals surface area contributed by atoms with Crippen LogP contribution in [0.5, 0.6) is 0 Å². The van der Waals surface area contributed by atoms with Gasteiger partial charge in [-0.3, -0.25) is 4.79 Å². The van der Waals surface area contributed by atoms with E-state index in [1.807, 2.05) is 6.92 Å². The van der Waals surface area contributed by atoms with E-state index in [1.165, 1.54) is 11.0 Å². The van der Waals surface area contributed by atoms with Crippen molar-refractivity contribution in [2.75, 3.05) is 34.4 Å². The smallest absolute Gasteiger partial charge is 0.383 e. The number of alkyl halides is 3. The van der Waals surface area contributed by atoms with Crippen LogP contribution in [0.4, 0.5) is 13.2 Å². The number of rotatable bonds is 7. The molecule has 0 bridgehead atoms. The molecule has 9 heteroatoms. The highest BCUT2D eigenvalue weighted by Crippen LogP contribution is 2.29. The van der Waals surface area contributed by atoms with Crippen LogP contribution in [-0.2, 0) is 22.3 Å². The lowest BCUT2D eigenvalue weighted by atomic mass is 10.1. The fourth-order valence-corrected chi connectivity index (χ4v) is 2.01. The van der Waals surface area contributed by atoms with E-state index in [1.54, 1.807) is 27.3 Å². The fraction of sp³-hybridized carbons (Fsp3) is 0.529. The third-order valence-electron chi connectivity index (χ3n) is 3.38. The van der Waals surface area contributed by atoms with Gasteiger partial charge in [-0.15, -0.1) is 0 Å². The summed E-state index contributed by atoms with van der Waals surface area (Å²) in [6, 6.07) is 4.89. The van der Waals surface area contributed by atoms with E-state index in [0.717, 1.165) is 12.1 Å². The zero-order chi connectivity index (χ0) is 19.7. The molecule has 0 aliphatic rings. The van der Waals surface area contributed by atoms with Gasteiger partial charge in [0.2, 0.25) is 5.91 Å². The molecule has 1 aromatic rings. The van der Waals surface area contributed by atoms with E-state index in [4.69, 9.17) is 4.74 Å². The Kier molecular flexibility index (Phi) is 8.37. The summed E-state index contributed by atoms with van der Waals surface area (Å²) in [6.45, 7) is 2.32. The van der Waals surface area contributed by atoms with E-state index in [9.17, 15) is 18.0 Å². The van der Waals surface area contributed by atoms with Crippen LogP contribution >= 0.6 is 0 Å². The van der Waals surface area contributed by atoms with Crippen LogP contribution in [0.2, 0.25) is 0 Å². The lowest BCUT2D eigenvalue weighted by Crippen LogP contribution is -2.47. The summed E-state index contributed by atoms with van der Waals surface area (Å²) in [6.07, 6.45) is -4.40. The second-order valence-electron chi connectivity index (χ2n) is 6.01. The average Bonchev–Trinajstić information content (AvgIpc) is 2.56. The van der Waals surface area contributed by atoms with Crippen LogP contribution in [0.25, 0.3) is 0 Å². The number of hydrogen-bond acceptors (Lipinski definition) is 3. The van der Waals surface area contributed by atoms with Crippen LogP contribution in [0.3, 0.4) is 0 Å². The monoisotopic (exact) mass is 374 g/mol. The van der Waals surface area contributed by atoms with Gasteiger partial charge in [0.25, 0.3) is 0 Å². The molecule has 0 aliphatic carbocycles. The largest absolute Gasteiger partial charge is 0.416 e. The van der Waals surface area contributed by atoms with Gasteiger partial charge in [0.05, 0.1) is 25.3 Å². The fourth-order valence-electron chi connectivity index (χ4n) is 2.01. The van der Waals surface area contributed by atoms with Crippen molar-refractivity contribution in [3.8, 4) is 0 Å². The Hall–Kier alpha value is -2.29. The van der Waals surface area contributed by atoms with Crippen molar-refractivity contribution in [3.05, 3.63) is 35.4 Å². The number of methoxy groups -OCH3 is 1. The molecule has 0 fully saturated rings. The number of ether oxygens (including phenoxy) is 1. The summed E-state index contributed by atoms with van der Waals surface area (Å²) >= 11 is 0.